The van der Waals surface area contributed by atoms with E-state index in [1.807, 2.05) is 36.2 Å². The first kappa shape index (κ1) is 16.0. The average molecular weight is 280 g/mol. The van der Waals surface area contributed by atoms with Crippen molar-refractivity contribution in [2.75, 3.05) is 21.3 Å². The first-order valence-electron chi connectivity index (χ1n) is 6.20. The Morgan fingerprint density at radius 3 is 2.35 bits per heavy atom. The van der Waals surface area contributed by atoms with Crippen LogP contribution in [0, 0.1) is 0 Å². The van der Waals surface area contributed by atoms with E-state index in [4.69, 9.17) is 4.74 Å². The van der Waals surface area contributed by atoms with E-state index in [2.05, 4.69) is 10.1 Å². The quantitative estimate of drug-likeness (QED) is 0.883. The largest absolute Gasteiger partial charge is 0.497 e. The second-order valence-electron chi connectivity index (χ2n) is 4.42. The fourth-order valence-corrected chi connectivity index (χ4v) is 1.61. The lowest BCUT2D eigenvalue weighted by Gasteiger charge is -2.23. The van der Waals surface area contributed by atoms with Crippen molar-refractivity contribution in [3.63, 3.8) is 0 Å². The fraction of sp³-hybridized carbons (Fsp3) is 0.429. The van der Waals surface area contributed by atoms with Crippen molar-refractivity contribution in [3.8, 4) is 5.75 Å². The van der Waals surface area contributed by atoms with Crippen LogP contribution >= 0.6 is 0 Å². The van der Waals surface area contributed by atoms with Gasteiger partial charge in [-0.3, -0.25) is 15.0 Å². The van der Waals surface area contributed by atoms with Gasteiger partial charge < -0.3 is 9.47 Å². The topological polar surface area (TPSA) is 67.9 Å². The van der Waals surface area contributed by atoms with E-state index in [1.54, 1.807) is 14.0 Å². The number of hydrogen-bond donors (Lipinski definition) is 1. The smallest absolute Gasteiger partial charge is 0.413 e. The standard InChI is InChI=1S/C14H20N2O4/c1-10(13(17)15-14(18)20-4)16(2)9-11-5-7-12(19-3)8-6-11/h5-8,10H,9H2,1-4H3,(H,15,17,18)/t10-/m1/s1. The van der Waals surface area contributed by atoms with Gasteiger partial charge in [0.1, 0.15) is 5.75 Å². The third-order valence-electron chi connectivity index (χ3n) is 3.04. The summed E-state index contributed by atoms with van der Waals surface area (Å²) in [7, 11) is 4.64. The van der Waals surface area contributed by atoms with Crippen LogP contribution in [0.3, 0.4) is 0 Å². The maximum atomic E-state index is 11.8. The summed E-state index contributed by atoms with van der Waals surface area (Å²) in [5, 5.41) is 2.15. The van der Waals surface area contributed by atoms with Crippen LogP contribution in [0.15, 0.2) is 24.3 Å². The molecule has 0 unspecified atom stereocenters. The van der Waals surface area contributed by atoms with Crippen molar-refractivity contribution < 1.29 is 19.1 Å². The van der Waals surface area contributed by atoms with Gasteiger partial charge in [0, 0.05) is 6.54 Å². The molecule has 2 amide bonds. The molecular weight excluding hydrogens is 260 g/mol. The lowest BCUT2D eigenvalue weighted by atomic mass is 10.2. The van der Waals surface area contributed by atoms with Gasteiger partial charge >= 0.3 is 6.09 Å². The predicted octanol–water partition coefficient (Wildman–Crippen LogP) is 1.40. The number of rotatable bonds is 5. The highest BCUT2D eigenvalue weighted by molar-refractivity contribution is 5.94. The number of carbonyl (C=O) groups is 2. The van der Waals surface area contributed by atoms with E-state index in [1.165, 1.54) is 7.11 Å². The number of hydrogen-bond acceptors (Lipinski definition) is 5. The van der Waals surface area contributed by atoms with E-state index in [-0.39, 0.29) is 0 Å². The van der Waals surface area contributed by atoms with E-state index >= 15 is 0 Å². The van der Waals surface area contributed by atoms with E-state index in [0.29, 0.717) is 6.54 Å². The van der Waals surface area contributed by atoms with Crippen LogP contribution in [-0.4, -0.2) is 44.2 Å². The fourth-order valence-electron chi connectivity index (χ4n) is 1.61. The lowest BCUT2D eigenvalue weighted by molar-refractivity contribution is -0.124. The Labute approximate surface area is 118 Å². The Kier molecular flexibility index (Phi) is 5.99. The van der Waals surface area contributed by atoms with Crippen LogP contribution in [0.2, 0.25) is 0 Å². The highest BCUT2D eigenvalue weighted by Crippen LogP contribution is 2.13. The summed E-state index contributed by atoms with van der Waals surface area (Å²) < 4.78 is 9.48. The monoisotopic (exact) mass is 280 g/mol. The zero-order valence-corrected chi connectivity index (χ0v) is 12.2. The molecule has 6 nitrogen and oxygen atoms in total. The summed E-state index contributed by atoms with van der Waals surface area (Å²) in [6, 6.07) is 7.14. The van der Waals surface area contributed by atoms with Crippen molar-refractivity contribution in [2.24, 2.45) is 0 Å². The number of likely N-dealkylation sites (N-methyl/N-ethyl adjacent to an activating group) is 1. The van der Waals surface area contributed by atoms with E-state index in [0.717, 1.165) is 11.3 Å². The number of ether oxygens (including phenoxy) is 2. The number of nitrogens with zero attached hydrogens (tertiary/aromatic N) is 1. The van der Waals surface area contributed by atoms with Crippen LogP contribution in [0.5, 0.6) is 5.75 Å². The molecule has 0 saturated heterocycles. The third-order valence-corrected chi connectivity index (χ3v) is 3.04. The number of benzene rings is 1. The summed E-state index contributed by atoms with van der Waals surface area (Å²) in [5.41, 5.74) is 1.05. The Bertz CT molecular complexity index is 459. The minimum atomic E-state index is -0.750. The molecule has 1 aromatic rings. The number of nitrogens with one attached hydrogen (secondary N) is 1. The summed E-state index contributed by atoms with van der Waals surface area (Å²) in [4.78, 5) is 24.6. The highest BCUT2D eigenvalue weighted by Gasteiger charge is 2.20. The first-order valence-corrected chi connectivity index (χ1v) is 6.20. The van der Waals surface area contributed by atoms with Crippen LogP contribution < -0.4 is 10.1 Å². The zero-order valence-electron chi connectivity index (χ0n) is 12.2. The van der Waals surface area contributed by atoms with Gasteiger partial charge in [-0.1, -0.05) is 12.1 Å². The van der Waals surface area contributed by atoms with Crippen molar-refractivity contribution >= 4 is 12.0 Å². The average Bonchev–Trinajstić information content (AvgIpc) is 2.46. The molecule has 0 aliphatic carbocycles. The Hall–Kier alpha value is -2.08. The molecule has 0 heterocycles. The number of carbonyl (C=O) groups excluding carboxylic acids is 2. The van der Waals surface area contributed by atoms with Gasteiger partial charge in [0.25, 0.3) is 0 Å². The maximum Gasteiger partial charge on any atom is 0.413 e. The molecule has 0 radical (unpaired) electrons. The van der Waals surface area contributed by atoms with Crippen molar-refractivity contribution in [3.05, 3.63) is 29.8 Å². The zero-order chi connectivity index (χ0) is 15.1. The second kappa shape index (κ2) is 7.49. The molecular formula is C14H20N2O4. The number of amides is 2. The normalized spacial score (nSPS) is 11.8. The van der Waals surface area contributed by atoms with Gasteiger partial charge in [-0.2, -0.15) is 0 Å². The molecule has 0 saturated carbocycles. The van der Waals surface area contributed by atoms with Crippen LogP contribution in [-0.2, 0) is 16.1 Å². The van der Waals surface area contributed by atoms with E-state index in [9.17, 15) is 9.59 Å². The summed E-state index contributed by atoms with van der Waals surface area (Å²) >= 11 is 0. The maximum absolute atomic E-state index is 11.8. The molecule has 0 fully saturated rings. The molecule has 110 valence electrons. The van der Waals surface area contributed by atoms with Crippen LogP contribution in [0.4, 0.5) is 4.79 Å². The molecule has 20 heavy (non-hydrogen) atoms. The van der Waals surface area contributed by atoms with Gasteiger partial charge in [-0.15, -0.1) is 0 Å². The summed E-state index contributed by atoms with van der Waals surface area (Å²) in [5.74, 6) is 0.390. The molecule has 1 rings (SSSR count). The van der Waals surface area contributed by atoms with Gasteiger partial charge in [0.2, 0.25) is 5.91 Å². The third kappa shape index (κ3) is 4.55. The van der Waals surface area contributed by atoms with Gasteiger partial charge in [-0.05, 0) is 31.7 Å². The SMILES string of the molecule is COC(=O)NC(=O)[C@@H](C)N(C)Cc1ccc(OC)cc1. The lowest BCUT2D eigenvalue weighted by Crippen LogP contribution is -2.45. The first-order chi connectivity index (χ1) is 9.47. The summed E-state index contributed by atoms with van der Waals surface area (Å²) in [6.07, 6.45) is -0.750. The molecule has 1 aromatic carbocycles. The van der Waals surface area contributed by atoms with E-state index < -0.39 is 18.0 Å². The molecule has 0 aliphatic rings. The molecule has 6 heteroatoms. The minimum absolute atomic E-state index is 0.395. The van der Waals surface area contributed by atoms with Crippen LogP contribution in [0.25, 0.3) is 0 Å². The molecule has 0 bridgehead atoms. The minimum Gasteiger partial charge on any atom is -0.497 e. The molecule has 1 atom stereocenters. The van der Waals surface area contributed by atoms with Crippen molar-refractivity contribution in [1.29, 1.82) is 0 Å². The van der Waals surface area contributed by atoms with Gasteiger partial charge in [0.15, 0.2) is 0 Å². The number of alkyl carbamates (subject to hydrolysis) is 1. The molecule has 0 aliphatic heterocycles. The Balaban J connectivity index is 2.57. The Morgan fingerprint density at radius 2 is 1.85 bits per heavy atom. The van der Waals surface area contributed by atoms with Gasteiger partial charge in [0.05, 0.1) is 20.3 Å². The van der Waals surface area contributed by atoms with Gasteiger partial charge in [-0.25, -0.2) is 4.79 Å². The summed E-state index contributed by atoms with van der Waals surface area (Å²) in [6.45, 7) is 2.31. The number of methoxy groups -OCH3 is 2. The molecule has 0 aromatic heterocycles. The van der Waals surface area contributed by atoms with Crippen molar-refractivity contribution in [2.45, 2.75) is 19.5 Å². The molecule has 1 N–H and O–H groups in total. The second-order valence-corrected chi connectivity index (χ2v) is 4.42. The highest BCUT2D eigenvalue weighted by atomic mass is 16.5. The predicted molar refractivity (Wildman–Crippen MR) is 74.5 cm³/mol. The Morgan fingerprint density at radius 1 is 1.25 bits per heavy atom. The molecule has 0 spiro atoms. The number of imide groups is 1. The van der Waals surface area contributed by atoms with Crippen LogP contribution in [0.1, 0.15) is 12.5 Å². The van der Waals surface area contributed by atoms with Crippen molar-refractivity contribution in [1.82, 2.24) is 10.2 Å².